The first kappa shape index (κ1) is 11.1. The fourth-order valence-electron chi connectivity index (χ4n) is 2.17. The highest BCUT2D eigenvalue weighted by Gasteiger charge is 2.23. The van der Waals surface area contributed by atoms with Gasteiger partial charge in [-0.25, -0.2) is 4.98 Å². The molecule has 84 valence electrons. The van der Waals surface area contributed by atoms with Crippen molar-refractivity contribution >= 4 is 11.3 Å². The Balaban J connectivity index is 2.18. The van der Waals surface area contributed by atoms with Crippen molar-refractivity contribution in [3.63, 3.8) is 0 Å². The van der Waals surface area contributed by atoms with Crippen molar-refractivity contribution in [3.8, 4) is 0 Å². The Labute approximate surface area is 96.1 Å². The van der Waals surface area contributed by atoms with Crippen LogP contribution < -0.4 is 5.32 Å². The molecule has 1 aromatic rings. The van der Waals surface area contributed by atoms with Gasteiger partial charge in [0.15, 0.2) is 0 Å². The summed E-state index contributed by atoms with van der Waals surface area (Å²) in [5, 5.41) is 4.84. The van der Waals surface area contributed by atoms with Gasteiger partial charge in [0.05, 0.1) is 11.7 Å². The molecule has 2 rings (SSSR count). The summed E-state index contributed by atoms with van der Waals surface area (Å²) in [6.45, 7) is 7.71. The van der Waals surface area contributed by atoms with E-state index in [-0.39, 0.29) is 0 Å². The Kier molecular flexibility index (Phi) is 3.42. The van der Waals surface area contributed by atoms with Crippen LogP contribution in [-0.4, -0.2) is 11.5 Å². The minimum absolute atomic E-state index is 0.450. The van der Waals surface area contributed by atoms with Gasteiger partial charge in [0.1, 0.15) is 5.01 Å². The Hall–Kier alpha value is -0.410. The fourth-order valence-corrected chi connectivity index (χ4v) is 3.57. The number of hydrogen-bond donors (Lipinski definition) is 1. The summed E-state index contributed by atoms with van der Waals surface area (Å²) in [7, 11) is 0. The third-order valence-corrected chi connectivity index (χ3v) is 4.21. The summed E-state index contributed by atoms with van der Waals surface area (Å²) in [4.78, 5) is 6.32. The smallest absolute Gasteiger partial charge is 0.110 e. The number of nitrogens with one attached hydrogen (secondary N) is 1. The van der Waals surface area contributed by atoms with Gasteiger partial charge in [-0.15, -0.1) is 11.3 Å². The number of hydrogen-bond acceptors (Lipinski definition) is 3. The number of thiazole rings is 1. The average molecular weight is 224 g/mol. The molecule has 1 aliphatic rings. The van der Waals surface area contributed by atoms with E-state index in [1.54, 1.807) is 0 Å². The second-order valence-corrected chi connectivity index (χ2v) is 5.67. The van der Waals surface area contributed by atoms with Crippen molar-refractivity contribution in [2.75, 3.05) is 6.54 Å². The van der Waals surface area contributed by atoms with Crippen LogP contribution in [0.15, 0.2) is 0 Å². The molecule has 1 aromatic heterocycles. The van der Waals surface area contributed by atoms with Crippen molar-refractivity contribution < 1.29 is 0 Å². The van der Waals surface area contributed by atoms with Crippen LogP contribution in [-0.2, 0) is 12.8 Å². The largest absolute Gasteiger partial charge is 0.308 e. The van der Waals surface area contributed by atoms with E-state index in [2.05, 4.69) is 26.1 Å². The van der Waals surface area contributed by atoms with Crippen LogP contribution in [0.3, 0.4) is 0 Å². The van der Waals surface area contributed by atoms with Gasteiger partial charge in [0.25, 0.3) is 0 Å². The fraction of sp³-hybridized carbons (Fsp3) is 0.750. The van der Waals surface area contributed by atoms with Gasteiger partial charge in [0.2, 0.25) is 0 Å². The quantitative estimate of drug-likeness (QED) is 0.850. The Morgan fingerprint density at radius 2 is 2.20 bits per heavy atom. The van der Waals surface area contributed by atoms with E-state index in [0.29, 0.717) is 12.0 Å². The maximum absolute atomic E-state index is 4.79. The predicted molar refractivity (Wildman–Crippen MR) is 65.4 cm³/mol. The highest BCUT2D eigenvalue weighted by atomic mass is 32.1. The third kappa shape index (κ3) is 2.23. The lowest BCUT2D eigenvalue weighted by Crippen LogP contribution is -2.25. The minimum Gasteiger partial charge on any atom is -0.308 e. The summed E-state index contributed by atoms with van der Waals surface area (Å²) in [6, 6.07) is 0.450. The van der Waals surface area contributed by atoms with Crippen LogP contribution in [0.5, 0.6) is 0 Å². The number of nitrogens with zero attached hydrogens (tertiary/aromatic N) is 1. The summed E-state index contributed by atoms with van der Waals surface area (Å²) < 4.78 is 0. The number of aryl methyl sites for hydroxylation is 2. The van der Waals surface area contributed by atoms with Crippen LogP contribution in [0.25, 0.3) is 0 Å². The van der Waals surface area contributed by atoms with E-state index in [1.165, 1.54) is 34.8 Å². The summed E-state index contributed by atoms with van der Waals surface area (Å²) in [5.41, 5.74) is 1.37. The average Bonchev–Trinajstić information content (AvgIpc) is 2.72. The molecule has 0 bridgehead atoms. The van der Waals surface area contributed by atoms with Gasteiger partial charge in [0, 0.05) is 4.88 Å². The van der Waals surface area contributed by atoms with Crippen molar-refractivity contribution in [2.24, 2.45) is 5.92 Å². The zero-order chi connectivity index (χ0) is 10.8. The summed E-state index contributed by atoms with van der Waals surface area (Å²) in [5.74, 6) is 0.622. The number of aromatic nitrogens is 1. The number of fused-ring (bicyclic) bond motifs is 1. The van der Waals surface area contributed by atoms with Crippen LogP contribution in [0.1, 0.15) is 48.8 Å². The van der Waals surface area contributed by atoms with E-state index in [4.69, 9.17) is 4.98 Å². The first-order chi connectivity index (χ1) is 7.22. The molecular formula is C12H20N2S. The molecule has 0 radical (unpaired) electrons. The first-order valence-corrected chi connectivity index (χ1v) is 6.76. The lowest BCUT2D eigenvalue weighted by Gasteiger charge is -2.19. The van der Waals surface area contributed by atoms with E-state index in [9.17, 15) is 0 Å². The van der Waals surface area contributed by atoms with Crippen LogP contribution in [0.4, 0.5) is 0 Å². The molecule has 0 saturated carbocycles. The van der Waals surface area contributed by atoms with Crippen molar-refractivity contribution in [2.45, 2.75) is 46.1 Å². The normalized spacial score (nSPS) is 17.1. The molecule has 1 heterocycles. The predicted octanol–water partition coefficient (Wildman–Crippen LogP) is 2.94. The van der Waals surface area contributed by atoms with Gasteiger partial charge < -0.3 is 5.32 Å². The van der Waals surface area contributed by atoms with Crippen molar-refractivity contribution in [1.29, 1.82) is 0 Å². The molecule has 0 saturated heterocycles. The molecule has 1 atom stereocenters. The molecule has 2 nitrogen and oxygen atoms in total. The van der Waals surface area contributed by atoms with Gasteiger partial charge >= 0.3 is 0 Å². The van der Waals surface area contributed by atoms with Crippen molar-refractivity contribution in [3.05, 3.63) is 15.6 Å². The lowest BCUT2D eigenvalue weighted by atomic mass is 10.1. The molecule has 0 spiro atoms. The highest BCUT2D eigenvalue weighted by molar-refractivity contribution is 7.11. The van der Waals surface area contributed by atoms with Gasteiger partial charge in [-0.1, -0.05) is 20.8 Å². The van der Waals surface area contributed by atoms with Crippen LogP contribution >= 0.6 is 11.3 Å². The molecule has 0 aromatic carbocycles. The first-order valence-electron chi connectivity index (χ1n) is 5.94. The van der Waals surface area contributed by atoms with E-state index in [0.717, 1.165) is 6.54 Å². The second kappa shape index (κ2) is 4.62. The molecule has 1 aliphatic carbocycles. The van der Waals surface area contributed by atoms with E-state index in [1.807, 2.05) is 11.3 Å². The molecule has 0 fully saturated rings. The summed E-state index contributed by atoms with van der Waals surface area (Å²) >= 11 is 1.92. The molecule has 1 unspecified atom stereocenters. The van der Waals surface area contributed by atoms with Gasteiger partial charge in [-0.3, -0.25) is 0 Å². The molecule has 1 N–H and O–H groups in total. The van der Waals surface area contributed by atoms with Crippen molar-refractivity contribution in [1.82, 2.24) is 10.3 Å². The third-order valence-electron chi connectivity index (χ3n) is 2.97. The number of rotatable bonds is 4. The van der Waals surface area contributed by atoms with Gasteiger partial charge in [-0.05, 0) is 31.7 Å². The maximum Gasteiger partial charge on any atom is 0.110 e. The van der Waals surface area contributed by atoms with E-state index >= 15 is 0 Å². The van der Waals surface area contributed by atoms with Crippen LogP contribution in [0.2, 0.25) is 0 Å². The van der Waals surface area contributed by atoms with Crippen LogP contribution in [0, 0.1) is 5.92 Å². The molecular weight excluding hydrogens is 204 g/mol. The minimum atomic E-state index is 0.450. The maximum atomic E-state index is 4.79. The second-order valence-electron chi connectivity index (χ2n) is 4.55. The van der Waals surface area contributed by atoms with E-state index < -0.39 is 0 Å². The Morgan fingerprint density at radius 1 is 1.40 bits per heavy atom. The van der Waals surface area contributed by atoms with Gasteiger partial charge in [-0.2, -0.15) is 0 Å². The molecule has 3 heteroatoms. The Morgan fingerprint density at radius 3 is 2.80 bits per heavy atom. The molecule has 15 heavy (non-hydrogen) atoms. The SMILES string of the molecule is CCNC(c1nc2c(s1)CCC2)C(C)C. The molecule has 0 amide bonds. The summed E-state index contributed by atoms with van der Waals surface area (Å²) in [6.07, 6.45) is 3.76. The zero-order valence-electron chi connectivity index (χ0n) is 9.84. The Bertz CT molecular complexity index is 309. The lowest BCUT2D eigenvalue weighted by molar-refractivity contribution is 0.419. The topological polar surface area (TPSA) is 24.9 Å². The standard InChI is InChI=1S/C12H20N2S/c1-4-13-11(8(2)3)12-14-9-6-5-7-10(9)15-12/h8,11,13H,4-7H2,1-3H3. The zero-order valence-corrected chi connectivity index (χ0v) is 10.7. The monoisotopic (exact) mass is 224 g/mol. The highest BCUT2D eigenvalue weighted by Crippen LogP contribution is 2.33. The molecule has 0 aliphatic heterocycles.